The molecule has 0 aliphatic rings. The number of benzene rings is 1. The molecule has 0 spiro atoms. The van der Waals surface area contributed by atoms with Crippen LogP contribution in [-0.4, -0.2) is 47.0 Å². The summed E-state index contributed by atoms with van der Waals surface area (Å²) in [6, 6.07) is 9.16. The first kappa shape index (κ1) is 20.8. The molecule has 0 atom stereocenters. The highest BCUT2D eigenvalue weighted by atomic mass is 32.2. The van der Waals surface area contributed by atoms with Crippen LogP contribution in [0.1, 0.15) is 19.4 Å². The summed E-state index contributed by atoms with van der Waals surface area (Å²) < 4.78 is 21.7. The Bertz CT molecular complexity index is 926. The van der Waals surface area contributed by atoms with Crippen molar-refractivity contribution in [3.63, 3.8) is 0 Å². The van der Waals surface area contributed by atoms with E-state index in [-0.39, 0.29) is 11.7 Å². The highest BCUT2D eigenvalue weighted by Gasteiger charge is 2.17. The third-order valence-electron chi connectivity index (χ3n) is 4.09. The SMILES string of the molecule is CCOc1ccc(CN(CC)C(=O)CSc2nnc(-c3ccco3)o2)cc1OC. The van der Waals surface area contributed by atoms with Gasteiger partial charge in [-0.15, -0.1) is 10.2 Å². The summed E-state index contributed by atoms with van der Waals surface area (Å²) in [4.78, 5) is 14.4. The van der Waals surface area contributed by atoms with Crippen molar-refractivity contribution in [2.45, 2.75) is 25.6 Å². The minimum Gasteiger partial charge on any atom is -0.493 e. The van der Waals surface area contributed by atoms with Crippen LogP contribution < -0.4 is 9.47 Å². The molecule has 154 valence electrons. The molecule has 3 aromatic rings. The number of aromatic nitrogens is 2. The van der Waals surface area contributed by atoms with Gasteiger partial charge < -0.3 is 23.2 Å². The molecule has 0 bridgehead atoms. The van der Waals surface area contributed by atoms with Crippen LogP contribution in [0.2, 0.25) is 0 Å². The van der Waals surface area contributed by atoms with Crippen LogP contribution in [0.15, 0.2) is 50.7 Å². The Balaban J connectivity index is 1.59. The minimum absolute atomic E-state index is 0.0249. The number of methoxy groups -OCH3 is 1. The van der Waals surface area contributed by atoms with E-state index in [9.17, 15) is 4.79 Å². The van der Waals surface area contributed by atoms with Gasteiger partial charge in [0.25, 0.3) is 11.1 Å². The molecule has 0 saturated heterocycles. The second-order valence-corrected chi connectivity index (χ2v) is 6.89. The summed E-state index contributed by atoms with van der Waals surface area (Å²) in [5.41, 5.74) is 0.961. The van der Waals surface area contributed by atoms with E-state index in [4.69, 9.17) is 18.3 Å². The second-order valence-electron chi connectivity index (χ2n) is 5.97. The summed E-state index contributed by atoms with van der Waals surface area (Å²) in [5, 5.41) is 8.20. The molecule has 0 saturated carbocycles. The molecular weight excluding hydrogens is 394 g/mol. The van der Waals surface area contributed by atoms with Crippen molar-refractivity contribution in [2.24, 2.45) is 0 Å². The molecule has 0 aliphatic carbocycles. The normalized spacial score (nSPS) is 10.7. The van der Waals surface area contributed by atoms with Crippen LogP contribution in [0.25, 0.3) is 11.7 Å². The molecular formula is C20H23N3O5S. The van der Waals surface area contributed by atoms with E-state index in [0.29, 0.717) is 48.1 Å². The number of hydrogen-bond donors (Lipinski definition) is 0. The first-order valence-electron chi connectivity index (χ1n) is 9.22. The zero-order valence-electron chi connectivity index (χ0n) is 16.6. The average Bonchev–Trinajstić information content (AvgIpc) is 3.43. The molecule has 0 unspecified atom stereocenters. The van der Waals surface area contributed by atoms with Gasteiger partial charge >= 0.3 is 0 Å². The number of ether oxygens (including phenoxy) is 2. The highest BCUT2D eigenvalue weighted by molar-refractivity contribution is 7.99. The van der Waals surface area contributed by atoms with E-state index in [0.717, 1.165) is 5.56 Å². The van der Waals surface area contributed by atoms with Gasteiger partial charge in [-0.1, -0.05) is 17.8 Å². The standard InChI is InChI=1S/C20H23N3O5S/c1-4-23(12-14-8-9-15(26-5-2)17(11-14)25-3)18(24)13-29-20-22-21-19(28-20)16-7-6-10-27-16/h6-11H,4-5,12-13H2,1-3H3. The second kappa shape index (κ2) is 10.0. The lowest BCUT2D eigenvalue weighted by atomic mass is 10.2. The largest absolute Gasteiger partial charge is 0.493 e. The lowest BCUT2D eigenvalue weighted by Gasteiger charge is -2.21. The van der Waals surface area contributed by atoms with Crippen LogP contribution in [0.3, 0.4) is 0 Å². The van der Waals surface area contributed by atoms with Gasteiger partial charge in [0, 0.05) is 13.1 Å². The van der Waals surface area contributed by atoms with Crippen LogP contribution in [0, 0.1) is 0 Å². The molecule has 1 amide bonds. The van der Waals surface area contributed by atoms with Gasteiger partial charge in [0.2, 0.25) is 5.91 Å². The van der Waals surface area contributed by atoms with E-state index in [1.807, 2.05) is 32.0 Å². The zero-order valence-corrected chi connectivity index (χ0v) is 17.4. The first-order chi connectivity index (χ1) is 14.1. The molecule has 0 aliphatic heterocycles. The maximum Gasteiger partial charge on any atom is 0.284 e. The van der Waals surface area contributed by atoms with Crippen molar-refractivity contribution in [1.29, 1.82) is 0 Å². The lowest BCUT2D eigenvalue weighted by molar-refractivity contribution is -0.128. The molecule has 0 N–H and O–H groups in total. The summed E-state index contributed by atoms with van der Waals surface area (Å²) in [6.45, 7) is 5.47. The number of furan rings is 1. The summed E-state index contributed by atoms with van der Waals surface area (Å²) >= 11 is 1.20. The van der Waals surface area contributed by atoms with Crippen molar-refractivity contribution < 1.29 is 23.1 Å². The van der Waals surface area contributed by atoms with E-state index < -0.39 is 0 Å². The lowest BCUT2D eigenvalue weighted by Crippen LogP contribution is -2.31. The Morgan fingerprint density at radius 1 is 1.21 bits per heavy atom. The van der Waals surface area contributed by atoms with E-state index in [1.165, 1.54) is 18.0 Å². The molecule has 3 rings (SSSR count). The Morgan fingerprint density at radius 3 is 2.76 bits per heavy atom. The predicted molar refractivity (Wildman–Crippen MR) is 108 cm³/mol. The zero-order chi connectivity index (χ0) is 20.6. The fraction of sp³-hybridized carbons (Fsp3) is 0.350. The molecule has 9 heteroatoms. The van der Waals surface area contributed by atoms with Crippen LogP contribution >= 0.6 is 11.8 Å². The molecule has 2 heterocycles. The van der Waals surface area contributed by atoms with Gasteiger partial charge in [-0.2, -0.15) is 0 Å². The van der Waals surface area contributed by atoms with Crippen molar-refractivity contribution in [3.05, 3.63) is 42.2 Å². The summed E-state index contributed by atoms with van der Waals surface area (Å²) in [6.07, 6.45) is 1.53. The Morgan fingerprint density at radius 2 is 2.07 bits per heavy atom. The molecule has 29 heavy (non-hydrogen) atoms. The van der Waals surface area contributed by atoms with Crippen LogP contribution in [-0.2, 0) is 11.3 Å². The predicted octanol–water partition coefficient (Wildman–Crippen LogP) is 3.88. The molecule has 1 aromatic carbocycles. The number of amides is 1. The number of carbonyl (C=O) groups excluding carboxylic acids is 1. The number of hydrogen-bond acceptors (Lipinski definition) is 8. The van der Waals surface area contributed by atoms with Crippen molar-refractivity contribution >= 4 is 17.7 Å². The fourth-order valence-corrected chi connectivity index (χ4v) is 3.33. The monoisotopic (exact) mass is 417 g/mol. The third-order valence-corrected chi connectivity index (χ3v) is 4.90. The summed E-state index contributed by atoms with van der Waals surface area (Å²) in [5.74, 6) is 2.30. The van der Waals surface area contributed by atoms with E-state index >= 15 is 0 Å². The van der Waals surface area contributed by atoms with Gasteiger partial charge in [0.15, 0.2) is 17.3 Å². The number of carbonyl (C=O) groups is 1. The van der Waals surface area contributed by atoms with Gasteiger partial charge in [0.1, 0.15) is 0 Å². The van der Waals surface area contributed by atoms with E-state index in [1.54, 1.807) is 24.1 Å². The smallest absolute Gasteiger partial charge is 0.284 e. The average molecular weight is 417 g/mol. The highest BCUT2D eigenvalue weighted by Crippen LogP contribution is 2.29. The molecule has 0 fully saturated rings. The number of nitrogens with zero attached hydrogens (tertiary/aromatic N) is 3. The fourth-order valence-electron chi connectivity index (χ4n) is 2.66. The van der Waals surface area contributed by atoms with Crippen molar-refractivity contribution in [3.8, 4) is 23.1 Å². The van der Waals surface area contributed by atoms with Gasteiger partial charge in [-0.25, -0.2) is 0 Å². The number of thioether (sulfide) groups is 1. The van der Waals surface area contributed by atoms with E-state index in [2.05, 4.69) is 10.2 Å². The molecule has 8 nitrogen and oxygen atoms in total. The maximum atomic E-state index is 12.7. The van der Waals surface area contributed by atoms with Crippen LogP contribution in [0.5, 0.6) is 11.5 Å². The first-order valence-corrected chi connectivity index (χ1v) is 10.2. The molecule has 0 radical (unpaired) electrons. The topological polar surface area (TPSA) is 90.8 Å². The Kier molecular flexibility index (Phi) is 7.18. The Hall–Kier alpha value is -2.94. The molecule has 2 aromatic heterocycles. The maximum absolute atomic E-state index is 12.7. The summed E-state index contributed by atoms with van der Waals surface area (Å²) in [7, 11) is 1.60. The van der Waals surface area contributed by atoms with Crippen molar-refractivity contribution in [2.75, 3.05) is 26.0 Å². The quantitative estimate of drug-likeness (QED) is 0.459. The van der Waals surface area contributed by atoms with Crippen LogP contribution in [0.4, 0.5) is 0 Å². The minimum atomic E-state index is -0.0249. The van der Waals surface area contributed by atoms with Gasteiger partial charge in [-0.05, 0) is 43.7 Å². The number of rotatable bonds is 10. The van der Waals surface area contributed by atoms with Crippen molar-refractivity contribution in [1.82, 2.24) is 15.1 Å². The third kappa shape index (κ3) is 5.32. The van der Waals surface area contributed by atoms with Gasteiger partial charge in [0.05, 0.1) is 25.7 Å². The Labute approximate surface area is 173 Å². The van der Waals surface area contributed by atoms with Gasteiger partial charge in [-0.3, -0.25) is 4.79 Å².